The number of nitrogens with zero attached hydrogens (tertiary/aromatic N) is 2. The Morgan fingerprint density at radius 1 is 1.12 bits per heavy atom. The first-order chi connectivity index (χ1) is 16.1. The van der Waals surface area contributed by atoms with Gasteiger partial charge in [-0.3, -0.25) is 14.6 Å². The quantitative estimate of drug-likeness (QED) is 0.630. The summed E-state index contributed by atoms with van der Waals surface area (Å²) in [6.45, 7) is 8.16. The zero-order valence-electron chi connectivity index (χ0n) is 19.6. The summed E-state index contributed by atoms with van der Waals surface area (Å²) in [5.41, 5.74) is 1.92. The highest BCUT2D eigenvalue weighted by Crippen LogP contribution is 2.35. The lowest BCUT2D eigenvalue weighted by Crippen LogP contribution is -2.51. The van der Waals surface area contributed by atoms with Crippen molar-refractivity contribution in [3.05, 3.63) is 63.4 Å². The van der Waals surface area contributed by atoms with Crippen molar-refractivity contribution in [2.24, 2.45) is 11.8 Å². The highest BCUT2D eigenvalue weighted by atomic mass is 35.5. The molecule has 2 aliphatic heterocycles. The predicted octanol–water partition coefficient (Wildman–Crippen LogP) is 4.37. The molecule has 1 N–H and O–H groups in total. The van der Waals surface area contributed by atoms with Crippen LogP contribution < -0.4 is 5.32 Å². The van der Waals surface area contributed by atoms with Crippen molar-refractivity contribution >= 4 is 23.4 Å². The second-order valence-corrected chi connectivity index (χ2v) is 9.80. The molecule has 9 heteroatoms. The first kappa shape index (κ1) is 24.5. The van der Waals surface area contributed by atoms with Gasteiger partial charge in [0.15, 0.2) is 0 Å². The molecule has 182 valence electrons. The van der Waals surface area contributed by atoms with Crippen LogP contribution in [-0.4, -0.2) is 47.0 Å². The molecule has 4 atom stereocenters. The van der Waals surface area contributed by atoms with Crippen LogP contribution >= 0.6 is 11.6 Å². The number of benzene rings is 1. The molecule has 2 amide bonds. The molecular weight excluding hydrogens is 464 g/mol. The Morgan fingerprint density at radius 3 is 2.35 bits per heavy atom. The van der Waals surface area contributed by atoms with Gasteiger partial charge in [-0.05, 0) is 57.4 Å². The van der Waals surface area contributed by atoms with Gasteiger partial charge in [0.25, 0.3) is 5.91 Å². The summed E-state index contributed by atoms with van der Waals surface area (Å²) in [5.74, 6) is -2.26. The maximum atomic E-state index is 14.7. The average Bonchev–Trinajstić information content (AvgIpc) is 3.02. The minimum Gasteiger partial charge on any atom is -0.381 e. The van der Waals surface area contributed by atoms with Gasteiger partial charge in [-0.15, -0.1) is 0 Å². The minimum atomic E-state index is -0.804. The summed E-state index contributed by atoms with van der Waals surface area (Å²) in [6.07, 6.45) is 0.465. The second-order valence-electron chi connectivity index (χ2n) is 9.39. The van der Waals surface area contributed by atoms with Crippen LogP contribution in [0.4, 0.5) is 8.78 Å². The van der Waals surface area contributed by atoms with Crippen LogP contribution in [-0.2, 0) is 9.53 Å². The molecular formula is C25H28ClF2N3O3. The van der Waals surface area contributed by atoms with Crippen molar-refractivity contribution in [3.8, 4) is 0 Å². The molecule has 2 saturated heterocycles. The molecule has 1 unspecified atom stereocenters. The summed E-state index contributed by atoms with van der Waals surface area (Å²) in [4.78, 5) is 32.9. The fraction of sp³-hybridized carbons (Fsp3) is 0.480. The lowest BCUT2D eigenvalue weighted by Gasteiger charge is -2.36. The number of aromatic nitrogens is 1. The van der Waals surface area contributed by atoms with E-state index >= 15 is 0 Å². The van der Waals surface area contributed by atoms with E-state index in [1.54, 1.807) is 17.0 Å². The number of amides is 2. The van der Waals surface area contributed by atoms with Crippen molar-refractivity contribution < 1.29 is 23.1 Å². The highest BCUT2D eigenvalue weighted by Gasteiger charge is 2.45. The molecule has 0 radical (unpaired) electrons. The van der Waals surface area contributed by atoms with E-state index in [2.05, 4.69) is 10.3 Å². The predicted molar refractivity (Wildman–Crippen MR) is 123 cm³/mol. The van der Waals surface area contributed by atoms with Crippen molar-refractivity contribution in [2.45, 2.75) is 52.2 Å². The normalized spacial score (nSPS) is 23.5. The fourth-order valence-corrected chi connectivity index (χ4v) is 4.96. The van der Waals surface area contributed by atoms with Crippen LogP contribution in [0, 0.1) is 37.3 Å². The van der Waals surface area contributed by atoms with Gasteiger partial charge in [-0.1, -0.05) is 18.5 Å². The Morgan fingerprint density at radius 2 is 1.76 bits per heavy atom. The van der Waals surface area contributed by atoms with Crippen LogP contribution in [0.15, 0.2) is 24.3 Å². The zero-order chi connectivity index (χ0) is 24.7. The van der Waals surface area contributed by atoms with Crippen LogP contribution in [0.3, 0.4) is 0 Å². The standard InChI is InChI=1S/C25H28ClF2N3O3/c1-12-5-22(31(15(12)4)25(33)16-6-13(2)29-14(3)7-16)24(32)30-23(17-10-34-11-17)18-8-21(28)19(26)9-20(18)27/h6-9,12,15,17,22-23H,5,10-11H2,1-4H3,(H,30,32)/t12-,15-,22-,23?/m1/s1. The molecule has 0 aliphatic carbocycles. The number of aryl methyl sites for hydroxylation is 2. The van der Waals surface area contributed by atoms with Crippen LogP contribution in [0.25, 0.3) is 0 Å². The number of hydrogen-bond acceptors (Lipinski definition) is 4. The lowest BCUT2D eigenvalue weighted by molar-refractivity contribution is -0.128. The Bertz CT molecular complexity index is 1100. The molecule has 3 heterocycles. The lowest BCUT2D eigenvalue weighted by atomic mass is 9.90. The summed E-state index contributed by atoms with van der Waals surface area (Å²) in [6, 6.07) is 3.63. The van der Waals surface area contributed by atoms with E-state index in [-0.39, 0.29) is 34.4 Å². The maximum Gasteiger partial charge on any atom is 0.254 e. The maximum absolute atomic E-state index is 14.7. The van der Waals surface area contributed by atoms with Crippen molar-refractivity contribution in [1.82, 2.24) is 15.2 Å². The molecule has 34 heavy (non-hydrogen) atoms. The van der Waals surface area contributed by atoms with Crippen molar-refractivity contribution in [1.29, 1.82) is 0 Å². The zero-order valence-corrected chi connectivity index (χ0v) is 20.3. The van der Waals surface area contributed by atoms with Gasteiger partial charge in [0, 0.05) is 34.5 Å². The minimum absolute atomic E-state index is 0.0147. The molecule has 0 spiro atoms. The molecule has 0 saturated carbocycles. The van der Waals surface area contributed by atoms with E-state index in [0.29, 0.717) is 25.2 Å². The number of nitrogens with one attached hydrogen (secondary N) is 1. The molecule has 2 aromatic rings. The SMILES string of the molecule is Cc1cc(C(=O)N2[C@@H](C(=O)NC(c3cc(F)c(Cl)cc3F)C3COC3)C[C@@H](C)[C@H]2C)cc(C)n1. The fourth-order valence-electron chi connectivity index (χ4n) is 4.81. The third kappa shape index (κ3) is 4.66. The van der Waals surface area contributed by atoms with Gasteiger partial charge in [0.05, 0.1) is 24.3 Å². The molecule has 0 bridgehead atoms. The number of rotatable bonds is 5. The van der Waals surface area contributed by atoms with Gasteiger partial charge in [-0.25, -0.2) is 8.78 Å². The van der Waals surface area contributed by atoms with Gasteiger partial charge in [0.1, 0.15) is 17.7 Å². The average molecular weight is 492 g/mol. The Balaban J connectivity index is 1.63. The molecule has 6 nitrogen and oxygen atoms in total. The first-order valence-corrected chi connectivity index (χ1v) is 11.7. The van der Waals surface area contributed by atoms with Crippen LogP contribution in [0.5, 0.6) is 0 Å². The Labute approximate surface area is 202 Å². The topological polar surface area (TPSA) is 71.5 Å². The molecule has 2 fully saturated rings. The number of likely N-dealkylation sites (tertiary alicyclic amines) is 1. The second kappa shape index (κ2) is 9.58. The third-order valence-corrected chi connectivity index (χ3v) is 7.16. The summed E-state index contributed by atoms with van der Waals surface area (Å²) >= 11 is 5.72. The Kier molecular flexibility index (Phi) is 6.92. The summed E-state index contributed by atoms with van der Waals surface area (Å²) in [7, 11) is 0. The number of halogens is 3. The van der Waals surface area contributed by atoms with E-state index in [9.17, 15) is 18.4 Å². The smallest absolute Gasteiger partial charge is 0.254 e. The Hall–Kier alpha value is -2.58. The van der Waals surface area contributed by atoms with Crippen molar-refractivity contribution in [2.75, 3.05) is 13.2 Å². The number of pyridine rings is 1. The largest absolute Gasteiger partial charge is 0.381 e. The first-order valence-electron chi connectivity index (χ1n) is 11.4. The summed E-state index contributed by atoms with van der Waals surface area (Å²) < 4.78 is 34.2. The van der Waals surface area contributed by atoms with E-state index in [0.717, 1.165) is 23.5 Å². The molecule has 1 aromatic heterocycles. The number of ether oxygens (including phenoxy) is 1. The van der Waals surface area contributed by atoms with Crippen LogP contribution in [0.2, 0.25) is 5.02 Å². The summed E-state index contributed by atoms with van der Waals surface area (Å²) in [5, 5.41) is 2.57. The van der Waals surface area contributed by atoms with Gasteiger partial charge in [-0.2, -0.15) is 0 Å². The monoisotopic (exact) mass is 491 g/mol. The molecule has 1 aromatic carbocycles. The van der Waals surface area contributed by atoms with Gasteiger partial charge in [0.2, 0.25) is 5.91 Å². The number of carbonyl (C=O) groups excluding carboxylic acids is 2. The van der Waals surface area contributed by atoms with Gasteiger partial charge >= 0.3 is 0 Å². The number of hydrogen-bond donors (Lipinski definition) is 1. The van der Waals surface area contributed by atoms with E-state index in [1.807, 2.05) is 27.7 Å². The van der Waals surface area contributed by atoms with Gasteiger partial charge < -0.3 is 15.0 Å². The molecule has 2 aliphatic rings. The molecule has 4 rings (SSSR count). The third-order valence-electron chi connectivity index (χ3n) is 6.87. The van der Waals surface area contributed by atoms with E-state index in [1.165, 1.54) is 0 Å². The highest BCUT2D eigenvalue weighted by molar-refractivity contribution is 6.30. The van der Waals surface area contributed by atoms with Crippen molar-refractivity contribution in [3.63, 3.8) is 0 Å². The van der Waals surface area contributed by atoms with E-state index in [4.69, 9.17) is 16.3 Å². The van der Waals surface area contributed by atoms with E-state index < -0.39 is 29.6 Å². The number of carbonyl (C=O) groups is 2. The van der Waals surface area contributed by atoms with Crippen LogP contribution in [0.1, 0.15) is 53.6 Å².